The number of hydrogen-bond acceptors (Lipinski definition) is 2. The minimum absolute atomic E-state index is 0.0499. The van der Waals surface area contributed by atoms with E-state index in [9.17, 15) is 10.1 Å². The fraction of sp³-hybridized carbons (Fsp3) is 0.500. The molecule has 4 heteroatoms. The summed E-state index contributed by atoms with van der Waals surface area (Å²) in [5, 5.41) is 13.5. The summed E-state index contributed by atoms with van der Waals surface area (Å²) in [4.78, 5) is 12.5. The molecule has 1 saturated carbocycles. The van der Waals surface area contributed by atoms with E-state index in [0.29, 0.717) is 12.3 Å². The van der Waals surface area contributed by atoms with Crippen molar-refractivity contribution in [1.82, 2.24) is 9.88 Å². The fourth-order valence-corrected chi connectivity index (χ4v) is 3.85. The lowest BCUT2D eigenvalue weighted by atomic mass is 9.84. The summed E-state index contributed by atoms with van der Waals surface area (Å²) in [6.07, 6.45) is 8.08. The Morgan fingerprint density at radius 2 is 2.08 bits per heavy atom. The third-order valence-electron chi connectivity index (χ3n) is 5.14. The Kier molecular flexibility index (Phi) is 5.20. The lowest BCUT2D eigenvalue weighted by Gasteiger charge is -2.26. The SMILES string of the molecule is CCn1cc(CC(=O)N[C@@H](C#N)C2CCCCC2)c2ccccc21. The molecule has 1 aliphatic carbocycles. The first-order valence-electron chi connectivity index (χ1n) is 8.98. The smallest absolute Gasteiger partial charge is 0.225 e. The van der Waals surface area contributed by atoms with Crippen LogP contribution in [0, 0.1) is 17.2 Å². The molecule has 0 spiro atoms. The molecule has 1 amide bonds. The predicted octanol–water partition coefficient (Wildman–Crippen LogP) is 3.79. The average Bonchev–Trinajstić information content (AvgIpc) is 2.98. The van der Waals surface area contributed by atoms with Crippen LogP contribution in [0.2, 0.25) is 0 Å². The second-order valence-corrected chi connectivity index (χ2v) is 6.71. The number of nitrogens with one attached hydrogen (secondary N) is 1. The van der Waals surface area contributed by atoms with Gasteiger partial charge in [0.15, 0.2) is 0 Å². The van der Waals surface area contributed by atoms with Crippen LogP contribution in [0.5, 0.6) is 0 Å². The molecule has 0 saturated heterocycles. The minimum Gasteiger partial charge on any atom is -0.347 e. The Bertz CT molecular complexity index is 750. The molecule has 0 radical (unpaired) electrons. The number of nitrogens with zero attached hydrogens (tertiary/aromatic N) is 2. The summed E-state index contributed by atoms with van der Waals surface area (Å²) in [7, 11) is 0. The van der Waals surface area contributed by atoms with Crippen LogP contribution in [0.25, 0.3) is 10.9 Å². The molecule has 1 fully saturated rings. The van der Waals surface area contributed by atoms with Gasteiger partial charge in [0, 0.05) is 23.6 Å². The quantitative estimate of drug-likeness (QED) is 0.910. The normalized spacial score (nSPS) is 16.7. The summed E-state index contributed by atoms with van der Waals surface area (Å²) in [5.74, 6) is 0.260. The van der Waals surface area contributed by atoms with Crippen LogP contribution < -0.4 is 5.32 Å². The summed E-state index contributed by atoms with van der Waals surface area (Å²) >= 11 is 0. The van der Waals surface area contributed by atoms with Crippen molar-refractivity contribution in [3.05, 3.63) is 36.0 Å². The molecular weight excluding hydrogens is 298 g/mol. The highest BCUT2D eigenvalue weighted by molar-refractivity contribution is 5.89. The highest BCUT2D eigenvalue weighted by atomic mass is 16.1. The number of fused-ring (bicyclic) bond motifs is 1. The van der Waals surface area contributed by atoms with Gasteiger partial charge in [0.2, 0.25) is 5.91 Å². The average molecular weight is 323 g/mol. The van der Waals surface area contributed by atoms with Gasteiger partial charge in [-0.3, -0.25) is 4.79 Å². The van der Waals surface area contributed by atoms with Crippen LogP contribution in [0.3, 0.4) is 0 Å². The molecule has 1 aromatic heterocycles. The van der Waals surface area contributed by atoms with E-state index < -0.39 is 0 Å². The third-order valence-corrected chi connectivity index (χ3v) is 5.14. The lowest BCUT2D eigenvalue weighted by molar-refractivity contribution is -0.121. The number of hydrogen-bond donors (Lipinski definition) is 1. The van der Waals surface area contributed by atoms with Crippen LogP contribution in [0.1, 0.15) is 44.6 Å². The first kappa shape index (κ1) is 16.6. The Morgan fingerprint density at radius 1 is 1.33 bits per heavy atom. The molecule has 0 unspecified atom stereocenters. The topological polar surface area (TPSA) is 57.8 Å². The zero-order valence-electron chi connectivity index (χ0n) is 14.3. The number of carbonyl (C=O) groups is 1. The number of para-hydroxylation sites is 1. The van der Waals surface area contributed by atoms with E-state index in [0.717, 1.165) is 35.9 Å². The van der Waals surface area contributed by atoms with Crippen molar-refractivity contribution in [1.29, 1.82) is 5.26 Å². The second kappa shape index (κ2) is 7.53. The summed E-state index contributed by atoms with van der Waals surface area (Å²) < 4.78 is 2.17. The van der Waals surface area contributed by atoms with E-state index in [1.54, 1.807) is 0 Å². The maximum atomic E-state index is 12.5. The fourth-order valence-electron chi connectivity index (χ4n) is 3.85. The van der Waals surface area contributed by atoms with Crippen LogP contribution in [-0.2, 0) is 17.8 Å². The van der Waals surface area contributed by atoms with E-state index in [-0.39, 0.29) is 11.9 Å². The van der Waals surface area contributed by atoms with Crippen molar-refractivity contribution >= 4 is 16.8 Å². The van der Waals surface area contributed by atoms with Crippen LogP contribution >= 0.6 is 0 Å². The standard InChI is InChI=1S/C20H25N3O/c1-2-23-14-16(17-10-6-7-11-19(17)23)12-20(24)22-18(13-21)15-8-4-3-5-9-15/h6-7,10-11,14-15,18H,2-5,8-9,12H2,1H3,(H,22,24)/t18-/m0/s1. The van der Waals surface area contributed by atoms with Gasteiger partial charge in [-0.15, -0.1) is 0 Å². The largest absolute Gasteiger partial charge is 0.347 e. The number of aryl methyl sites for hydroxylation is 1. The molecule has 0 bridgehead atoms. The zero-order chi connectivity index (χ0) is 16.9. The van der Waals surface area contributed by atoms with E-state index >= 15 is 0 Å². The van der Waals surface area contributed by atoms with Crippen LogP contribution in [0.15, 0.2) is 30.5 Å². The molecule has 3 rings (SSSR count). The van der Waals surface area contributed by atoms with Crippen molar-refractivity contribution < 1.29 is 4.79 Å². The van der Waals surface area contributed by atoms with E-state index in [4.69, 9.17) is 0 Å². The number of nitriles is 1. The highest BCUT2D eigenvalue weighted by Crippen LogP contribution is 2.26. The number of benzene rings is 1. The first-order chi connectivity index (χ1) is 11.7. The molecule has 4 nitrogen and oxygen atoms in total. The number of amides is 1. The summed E-state index contributed by atoms with van der Waals surface area (Å²) in [6, 6.07) is 10.1. The molecule has 24 heavy (non-hydrogen) atoms. The number of aromatic nitrogens is 1. The molecule has 1 heterocycles. The lowest BCUT2D eigenvalue weighted by Crippen LogP contribution is -2.40. The first-order valence-corrected chi connectivity index (χ1v) is 8.98. The van der Waals surface area contributed by atoms with Gasteiger partial charge in [0.05, 0.1) is 12.5 Å². The molecule has 2 aromatic rings. The Morgan fingerprint density at radius 3 is 2.79 bits per heavy atom. The van der Waals surface area contributed by atoms with Gasteiger partial charge in [-0.2, -0.15) is 5.26 Å². The maximum absolute atomic E-state index is 12.5. The molecule has 1 aliphatic rings. The third kappa shape index (κ3) is 3.46. The zero-order valence-corrected chi connectivity index (χ0v) is 14.3. The van der Waals surface area contributed by atoms with Crippen molar-refractivity contribution in [3.8, 4) is 6.07 Å². The molecule has 1 N–H and O–H groups in total. The van der Waals surface area contributed by atoms with Gasteiger partial charge in [0.25, 0.3) is 0 Å². The van der Waals surface area contributed by atoms with Crippen molar-refractivity contribution in [2.24, 2.45) is 5.92 Å². The van der Waals surface area contributed by atoms with Crippen molar-refractivity contribution in [3.63, 3.8) is 0 Å². The second-order valence-electron chi connectivity index (χ2n) is 6.71. The monoisotopic (exact) mass is 323 g/mol. The van der Waals surface area contributed by atoms with Gasteiger partial charge in [0.1, 0.15) is 6.04 Å². The summed E-state index contributed by atoms with van der Waals surface area (Å²) in [5.41, 5.74) is 2.19. The molecular formula is C20H25N3O. The Labute approximate surface area is 143 Å². The number of rotatable bonds is 5. The van der Waals surface area contributed by atoms with Gasteiger partial charge >= 0.3 is 0 Å². The maximum Gasteiger partial charge on any atom is 0.225 e. The van der Waals surface area contributed by atoms with Crippen molar-refractivity contribution in [2.45, 2.75) is 58.0 Å². The van der Waals surface area contributed by atoms with Crippen molar-refractivity contribution in [2.75, 3.05) is 0 Å². The van der Waals surface area contributed by atoms with Crippen LogP contribution in [0.4, 0.5) is 0 Å². The number of carbonyl (C=O) groups excluding carboxylic acids is 1. The van der Waals surface area contributed by atoms with Gasteiger partial charge < -0.3 is 9.88 Å². The van der Waals surface area contributed by atoms with Gasteiger partial charge in [-0.25, -0.2) is 0 Å². The Hall–Kier alpha value is -2.28. The molecule has 1 atom stereocenters. The molecule has 126 valence electrons. The van der Waals surface area contributed by atoms with Crippen LogP contribution in [-0.4, -0.2) is 16.5 Å². The molecule has 1 aromatic carbocycles. The summed E-state index contributed by atoms with van der Waals surface area (Å²) in [6.45, 7) is 2.98. The predicted molar refractivity (Wildman–Crippen MR) is 95.4 cm³/mol. The molecule has 0 aliphatic heterocycles. The van der Waals surface area contributed by atoms with E-state index in [2.05, 4.69) is 41.2 Å². The Balaban J connectivity index is 1.71. The van der Waals surface area contributed by atoms with E-state index in [1.165, 1.54) is 19.3 Å². The van der Waals surface area contributed by atoms with Gasteiger partial charge in [-0.05, 0) is 37.3 Å². The van der Waals surface area contributed by atoms with E-state index in [1.807, 2.05) is 12.1 Å². The highest BCUT2D eigenvalue weighted by Gasteiger charge is 2.25. The minimum atomic E-state index is -0.350. The van der Waals surface area contributed by atoms with Gasteiger partial charge in [-0.1, -0.05) is 37.5 Å².